The molecule has 3 aromatic heterocycles. The number of nitrogens with one attached hydrogen (secondary N) is 1. The number of hydrogen-bond acceptors (Lipinski definition) is 8. The molecule has 0 radical (unpaired) electrons. The minimum Gasteiger partial charge on any atom is -0.619 e. The van der Waals surface area contributed by atoms with Crippen LogP contribution in [-0.4, -0.2) is 31.7 Å². The molecule has 5 aromatic rings. The summed E-state index contributed by atoms with van der Waals surface area (Å²) in [5, 5.41) is 22.7. The molecule has 1 N–H and O–H groups in total. The van der Waals surface area contributed by atoms with E-state index < -0.39 is 36.0 Å². The van der Waals surface area contributed by atoms with Crippen molar-refractivity contribution in [1.29, 1.82) is 0 Å². The van der Waals surface area contributed by atoms with Gasteiger partial charge in [0.25, 0.3) is 5.69 Å². The normalized spacial score (nSPS) is 11.2. The molecule has 0 bridgehead atoms. The SMILES string of the molecule is C.O=S(=O)(c1ccccc1)c1c[nH]c2ccncc12.O=[N+]([O-])c1cc[n+]([O-])cc1CS(=O)(=O)c1ccccc1. The second-order valence-electron chi connectivity index (χ2n) is 7.94. The van der Waals surface area contributed by atoms with Gasteiger partial charge in [0.2, 0.25) is 9.84 Å². The van der Waals surface area contributed by atoms with Crippen LogP contribution in [-0.2, 0) is 25.4 Å². The van der Waals surface area contributed by atoms with Gasteiger partial charge in [-0.05, 0) is 30.3 Å². The summed E-state index contributed by atoms with van der Waals surface area (Å²) in [6.45, 7) is 0. The molecular formula is C26H24N4O7S2. The van der Waals surface area contributed by atoms with Crippen molar-refractivity contribution in [2.24, 2.45) is 0 Å². The fourth-order valence-corrected chi connectivity index (χ4v) is 6.41. The smallest absolute Gasteiger partial charge is 0.285 e. The zero-order valence-corrected chi connectivity index (χ0v) is 21.2. The molecule has 0 aliphatic heterocycles. The van der Waals surface area contributed by atoms with Crippen LogP contribution in [0.5, 0.6) is 0 Å². The third kappa shape index (κ3) is 6.45. The summed E-state index contributed by atoms with van der Waals surface area (Å²) in [7, 11) is -7.24. The van der Waals surface area contributed by atoms with Crippen molar-refractivity contribution in [3.05, 3.63) is 125 Å². The van der Waals surface area contributed by atoms with E-state index in [1.807, 2.05) is 0 Å². The van der Waals surface area contributed by atoms with Gasteiger partial charge >= 0.3 is 0 Å². The van der Waals surface area contributed by atoms with Gasteiger partial charge in [-0.3, -0.25) is 15.1 Å². The Morgan fingerprint density at radius 3 is 2.13 bits per heavy atom. The summed E-state index contributed by atoms with van der Waals surface area (Å²) in [6.07, 6.45) is 6.55. The van der Waals surface area contributed by atoms with E-state index in [-0.39, 0.29) is 27.7 Å². The molecular weight excluding hydrogens is 544 g/mol. The summed E-state index contributed by atoms with van der Waals surface area (Å²) in [5.41, 5.74) is 0.229. The lowest BCUT2D eigenvalue weighted by Crippen LogP contribution is -2.26. The Morgan fingerprint density at radius 2 is 1.51 bits per heavy atom. The Kier molecular flexibility index (Phi) is 8.78. The first-order valence-corrected chi connectivity index (χ1v) is 14.1. The summed E-state index contributed by atoms with van der Waals surface area (Å²) in [4.78, 5) is 17.7. The van der Waals surface area contributed by atoms with Gasteiger partial charge in [0, 0.05) is 29.5 Å². The zero-order chi connectivity index (χ0) is 27.3. The van der Waals surface area contributed by atoms with Crippen molar-refractivity contribution < 1.29 is 26.5 Å². The molecule has 0 spiro atoms. The van der Waals surface area contributed by atoms with E-state index in [2.05, 4.69) is 9.97 Å². The monoisotopic (exact) mass is 568 g/mol. The first kappa shape index (κ1) is 28.9. The molecule has 39 heavy (non-hydrogen) atoms. The van der Waals surface area contributed by atoms with Crippen LogP contribution in [0, 0.1) is 15.3 Å². The fourth-order valence-electron chi connectivity index (χ4n) is 3.61. The van der Waals surface area contributed by atoms with Crippen molar-refractivity contribution in [2.45, 2.75) is 27.9 Å². The second-order valence-corrected chi connectivity index (χ2v) is 11.8. The summed E-state index contributed by atoms with van der Waals surface area (Å²) >= 11 is 0. The standard InChI is InChI=1S/C13H10N2O2S.C12H10N2O5S.CH4/c16-18(17,10-4-2-1-3-5-10)13-9-15-12-6-7-14-8-11(12)13;15-13-7-6-12(14(16)17)10(8-13)9-20(18,19)11-4-2-1-3-5-11;/h1-9,15H;1-8H,9H2;1H4. The van der Waals surface area contributed by atoms with E-state index in [1.165, 1.54) is 18.3 Å². The van der Waals surface area contributed by atoms with Crippen LogP contribution in [0.15, 0.2) is 118 Å². The number of hydrogen-bond donors (Lipinski definition) is 1. The zero-order valence-electron chi connectivity index (χ0n) is 19.5. The minimum atomic E-state index is -3.74. The van der Waals surface area contributed by atoms with Crippen LogP contribution in [0.1, 0.15) is 13.0 Å². The summed E-state index contributed by atoms with van der Waals surface area (Å²) in [6, 6.07) is 18.7. The Labute approximate surface area is 225 Å². The maximum absolute atomic E-state index is 12.5. The van der Waals surface area contributed by atoms with Gasteiger partial charge in [0.05, 0.1) is 31.4 Å². The van der Waals surface area contributed by atoms with E-state index in [0.29, 0.717) is 10.1 Å². The van der Waals surface area contributed by atoms with Crippen molar-refractivity contribution in [1.82, 2.24) is 9.97 Å². The van der Waals surface area contributed by atoms with E-state index in [1.54, 1.807) is 67.0 Å². The molecule has 0 unspecified atom stereocenters. The van der Waals surface area contributed by atoms with Gasteiger partial charge in [-0.2, -0.15) is 4.73 Å². The molecule has 0 saturated heterocycles. The molecule has 3 heterocycles. The summed E-state index contributed by atoms with van der Waals surface area (Å²) < 4.78 is 49.6. The predicted octanol–water partition coefficient (Wildman–Crippen LogP) is 4.23. The highest BCUT2D eigenvalue weighted by Crippen LogP contribution is 2.27. The molecule has 11 nitrogen and oxygen atoms in total. The van der Waals surface area contributed by atoms with Crippen LogP contribution < -0.4 is 4.73 Å². The number of H-pyrrole nitrogens is 1. The number of pyridine rings is 2. The van der Waals surface area contributed by atoms with Gasteiger partial charge in [-0.15, -0.1) is 0 Å². The fraction of sp³-hybridized carbons (Fsp3) is 0.0769. The molecule has 0 atom stereocenters. The lowest BCUT2D eigenvalue weighted by atomic mass is 10.3. The second kappa shape index (κ2) is 11.8. The van der Waals surface area contributed by atoms with Gasteiger partial charge < -0.3 is 10.2 Å². The highest BCUT2D eigenvalue weighted by molar-refractivity contribution is 7.91. The number of aromatic amines is 1. The lowest BCUT2D eigenvalue weighted by molar-refractivity contribution is -0.606. The molecule has 0 saturated carbocycles. The van der Waals surface area contributed by atoms with Crippen LogP contribution in [0.25, 0.3) is 10.9 Å². The molecule has 2 aromatic carbocycles. The summed E-state index contributed by atoms with van der Waals surface area (Å²) in [5.74, 6) is -0.601. The van der Waals surface area contributed by atoms with Gasteiger partial charge in [0.15, 0.2) is 22.2 Å². The molecule has 0 amide bonds. The molecule has 202 valence electrons. The number of benzene rings is 2. The minimum absolute atomic E-state index is 0. The van der Waals surface area contributed by atoms with Crippen molar-refractivity contribution >= 4 is 36.3 Å². The van der Waals surface area contributed by atoms with Crippen molar-refractivity contribution in [2.75, 3.05) is 0 Å². The Morgan fingerprint density at radius 1 is 0.897 bits per heavy atom. The highest BCUT2D eigenvalue weighted by atomic mass is 32.2. The number of aromatic nitrogens is 3. The van der Waals surface area contributed by atoms with Crippen LogP contribution >= 0.6 is 0 Å². The molecule has 0 aliphatic rings. The third-order valence-electron chi connectivity index (χ3n) is 5.42. The van der Waals surface area contributed by atoms with Crippen LogP contribution in [0.4, 0.5) is 5.69 Å². The maximum Gasteiger partial charge on any atom is 0.285 e. The molecule has 5 rings (SSSR count). The van der Waals surface area contributed by atoms with Gasteiger partial charge in [0.1, 0.15) is 5.56 Å². The third-order valence-corrected chi connectivity index (χ3v) is 8.92. The number of fused-ring (bicyclic) bond motifs is 1. The molecule has 0 fully saturated rings. The number of sulfone groups is 2. The quantitative estimate of drug-likeness (QED) is 0.137. The van der Waals surface area contributed by atoms with Gasteiger partial charge in [-0.1, -0.05) is 43.8 Å². The number of nitrogens with zero attached hydrogens (tertiary/aromatic N) is 3. The highest BCUT2D eigenvalue weighted by Gasteiger charge is 2.24. The first-order valence-electron chi connectivity index (χ1n) is 10.9. The molecule has 0 aliphatic carbocycles. The van der Waals surface area contributed by atoms with Crippen LogP contribution in [0.2, 0.25) is 0 Å². The van der Waals surface area contributed by atoms with E-state index in [4.69, 9.17) is 0 Å². The Balaban J connectivity index is 0.000000211. The van der Waals surface area contributed by atoms with Gasteiger partial charge in [-0.25, -0.2) is 16.8 Å². The maximum atomic E-state index is 12.5. The predicted molar refractivity (Wildman–Crippen MR) is 144 cm³/mol. The average molecular weight is 569 g/mol. The Bertz CT molecular complexity index is 1810. The van der Waals surface area contributed by atoms with Crippen molar-refractivity contribution in [3.8, 4) is 0 Å². The number of nitro groups is 1. The van der Waals surface area contributed by atoms with E-state index in [9.17, 15) is 32.2 Å². The van der Waals surface area contributed by atoms with E-state index >= 15 is 0 Å². The average Bonchev–Trinajstić information content (AvgIpc) is 3.35. The topological polar surface area (TPSA) is 167 Å². The van der Waals surface area contributed by atoms with Crippen molar-refractivity contribution in [3.63, 3.8) is 0 Å². The number of rotatable bonds is 6. The van der Waals surface area contributed by atoms with E-state index in [0.717, 1.165) is 24.0 Å². The molecule has 13 heteroatoms. The Hall–Kier alpha value is -4.62. The first-order chi connectivity index (χ1) is 18.1. The lowest BCUT2D eigenvalue weighted by Gasteiger charge is -2.05. The largest absolute Gasteiger partial charge is 0.619 e. The van der Waals surface area contributed by atoms with Crippen LogP contribution in [0.3, 0.4) is 0 Å².